The standard InChI is InChI=1S/C52H33N3/c1-3-13-35(14-4-1)49-51-50(46-21-11-12-22-48(46)53-49)54-52(55(51)42-16-5-2-6-17-42)36-25-23-34(24-26-36)37-27-28-39-32-41(30-29-38(39)31-37)47-33-40-15-7-8-18-43(40)44-19-9-10-20-45(44)47/h1-33H. The van der Waals surface area contributed by atoms with Gasteiger partial charge in [0, 0.05) is 22.2 Å². The van der Waals surface area contributed by atoms with Crippen molar-refractivity contribution in [3.8, 4) is 50.6 Å². The second kappa shape index (κ2) is 12.6. The second-order valence-corrected chi connectivity index (χ2v) is 14.2. The van der Waals surface area contributed by atoms with E-state index in [-0.39, 0.29) is 0 Å². The molecule has 3 nitrogen and oxygen atoms in total. The number of pyridine rings is 1. The molecule has 0 fully saturated rings. The van der Waals surface area contributed by atoms with Crippen LogP contribution in [0.4, 0.5) is 0 Å². The van der Waals surface area contributed by atoms with E-state index >= 15 is 0 Å². The Labute approximate surface area is 318 Å². The normalized spacial score (nSPS) is 11.6. The zero-order valence-electron chi connectivity index (χ0n) is 29.9. The summed E-state index contributed by atoms with van der Waals surface area (Å²) in [6, 6.07) is 71.5. The van der Waals surface area contributed by atoms with Gasteiger partial charge in [-0.25, -0.2) is 9.97 Å². The van der Waals surface area contributed by atoms with Crippen molar-refractivity contribution in [2.75, 3.05) is 0 Å². The van der Waals surface area contributed by atoms with Crippen molar-refractivity contribution in [1.29, 1.82) is 0 Å². The Morgan fingerprint density at radius 1 is 0.345 bits per heavy atom. The Bertz CT molecular complexity index is 3230. The lowest BCUT2D eigenvalue weighted by molar-refractivity contribution is 1.10. The third kappa shape index (κ3) is 5.20. The summed E-state index contributed by atoms with van der Waals surface area (Å²) in [6.07, 6.45) is 0. The average Bonchev–Trinajstić information content (AvgIpc) is 3.67. The second-order valence-electron chi connectivity index (χ2n) is 14.2. The fourth-order valence-electron chi connectivity index (χ4n) is 8.29. The third-order valence-electron chi connectivity index (χ3n) is 11.0. The van der Waals surface area contributed by atoms with Crippen LogP contribution in [0.2, 0.25) is 0 Å². The summed E-state index contributed by atoms with van der Waals surface area (Å²) in [7, 11) is 0. The van der Waals surface area contributed by atoms with Crippen molar-refractivity contribution in [2.24, 2.45) is 0 Å². The predicted molar refractivity (Wildman–Crippen MR) is 231 cm³/mol. The summed E-state index contributed by atoms with van der Waals surface area (Å²) >= 11 is 0. The SMILES string of the molecule is c1ccc(-c2nc3ccccc3c3nc(-c4ccc(-c5ccc6cc(-c7cc8ccccc8c8ccccc78)ccc6c5)cc4)n(-c4ccccc4)c23)cc1. The molecule has 11 rings (SSSR count). The highest BCUT2D eigenvalue weighted by Gasteiger charge is 2.22. The summed E-state index contributed by atoms with van der Waals surface area (Å²) in [5, 5.41) is 8.59. The van der Waals surface area contributed by atoms with E-state index in [4.69, 9.17) is 9.97 Å². The minimum atomic E-state index is 0.885. The monoisotopic (exact) mass is 699 g/mol. The van der Waals surface area contributed by atoms with Gasteiger partial charge in [0.1, 0.15) is 16.9 Å². The summed E-state index contributed by atoms with van der Waals surface area (Å²) in [6.45, 7) is 0. The van der Waals surface area contributed by atoms with Crippen molar-refractivity contribution in [1.82, 2.24) is 14.5 Å². The van der Waals surface area contributed by atoms with E-state index in [0.717, 1.165) is 55.8 Å². The van der Waals surface area contributed by atoms with Crippen LogP contribution < -0.4 is 0 Å². The minimum Gasteiger partial charge on any atom is -0.290 e. The van der Waals surface area contributed by atoms with Gasteiger partial charge in [-0.2, -0.15) is 0 Å². The van der Waals surface area contributed by atoms with E-state index < -0.39 is 0 Å². The predicted octanol–water partition coefficient (Wildman–Crippen LogP) is 13.7. The minimum absolute atomic E-state index is 0.885. The molecule has 0 bridgehead atoms. The number of hydrogen-bond acceptors (Lipinski definition) is 2. The number of benzene rings is 9. The zero-order chi connectivity index (χ0) is 36.3. The van der Waals surface area contributed by atoms with E-state index in [2.05, 4.69) is 193 Å². The van der Waals surface area contributed by atoms with Crippen LogP contribution in [0.1, 0.15) is 0 Å². The molecule has 55 heavy (non-hydrogen) atoms. The Balaban J connectivity index is 1.01. The lowest BCUT2D eigenvalue weighted by Crippen LogP contribution is -2.00. The molecule has 0 atom stereocenters. The molecule has 2 heterocycles. The lowest BCUT2D eigenvalue weighted by Gasteiger charge is -2.13. The van der Waals surface area contributed by atoms with E-state index in [1.54, 1.807) is 0 Å². The Hall–Kier alpha value is -7.36. The molecule has 0 aliphatic rings. The topological polar surface area (TPSA) is 30.7 Å². The number of rotatable bonds is 5. The van der Waals surface area contributed by atoms with Gasteiger partial charge in [0.15, 0.2) is 0 Å². The smallest absolute Gasteiger partial charge is 0.145 e. The summed E-state index contributed by atoms with van der Waals surface area (Å²) < 4.78 is 2.28. The molecule has 0 unspecified atom stereocenters. The molecule has 3 heteroatoms. The van der Waals surface area contributed by atoms with Crippen molar-refractivity contribution >= 4 is 54.3 Å². The average molecular weight is 700 g/mol. The fraction of sp³-hybridized carbons (Fsp3) is 0. The van der Waals surface area contributed by atoms with Gasteiger partial charge in [-0.1, -0.05) is 164 Å². The number of nitrogens with zero attached hydrogens (tertiary/aromatic N) is 3. The summed E-state index contributed by atoms with van der Waals surface area (Å²) in [5.74, 6) is 0.885. The summed E-state index contributed by atoms with van der Waals surface area (Å²) in [4.78, 5) is 10.6. The highest BCUT2D eigenvalue weighted by atomic mass is 15.1. The van der Waals surface area contributed by atoms with Crippen molar-refractivity contribution in [2.45, 2.75) is 0 Å². The highest BCUT2D eigenvalue weighted by molar-refractivity contribution is 6.14. The third-order valence-corrected chi connectivity index (χ3v) is 11.0. The molecular weight excluding hydrogens is 667 g/mol. The van der Waals surface area contributed by atoms with Crippen LogP contribution in [-0.2, 0) is 0 Å². The molecule has 0 saturated heterocycles. The first-order valence-electron chi connectivity index (χ1n) is 18.7. The Morgan fingerprint density at radius 3 is 1.71 bits per heavy atom. The van der Waals surface area contributed by atoms with Gasteiger partial charge >= 0.3 is 0 Å². The maximum absolute atomic E-state index is 5.41. The van der Waals surface area contributed by atoms with Gasteiger partial charge in [0.2, 0.25) is 0 Å². The maximum Gasteiger partial charge on any atom is 0.145 e. The van der Waals surface area contributed by atoms with Crippen LogP contribution in [0.5, 0.6) is 0 Å². The number of para-hydroxylation sites is 2. The Kier molecular flexibility index (Phi) is 7.17. The molecule has 11 aromatic rings. The van der Waals surface area contributed by atoms with Gasteiger partial charge in [-0.15, -0.1) is 0 Å². The Morgan fingerprint density at radius 2 is 0.927 bits per heavy atom. The number of fused-ring (bicyclic) bond motifs is 7. The van der Waals surface area contributed by atoms with Crippen LogP contribution in [0.25, 0.3) is 105 Å². The van der Waals surface area contributed by atoms with E-state index in [1.807, 2.05) is 12.1 Å². The van der Waals surface area contributed by atoms with Crippen LogP contribution in [0.3, 0.4) is 0 Å². The molecule has 0 aliphatic carbocycles. The van der Waals surface area contributed by atoms with E-state index in [9.17, 15) is 0 Å². The lowest BCUT2D eigenvalue weighted by atomic mass is 9.92. The first-order valence-corrected chi connectivity index (χ1v) is 18.7. The van der Waals surface area contributed by atoms with Gasteiger partial charge in [-0.05, 0) is 91.0 Å². The molecule has 2 aromatic heterocycles. The van der Waals surface area contributed by atoms with Gasteiger partial charge in [-0.3, -0.25) is 4.57 Å². The van der Waals surface area contributed by atoms with Crippen LogP contribution in [0.15, 0.2) is 200 Å². The molecule has 0 radical (unpaired) electrons. The maximum atomic E-state index is 5.41. The molecular formula is C52H33N3. The molecule has 0 N–H and O–H groups in total. The van der Waals surface area contributed by atoms with Crippen molar-refractivity contribution in [3.63, 3.8) is 0 Å². The van der Waals surface area contributed by atoms with E-state index in [0.29, 0.717) is 0 Å². The van der Waals surface area contributed by atoms with Crippen LogP contribution in [0, 0.1) is 0 Å². The van der Waals surface area contributed by atoms with Gasteiger partial charge in [0.25, 0.3) is 0 Å². The first kappa shape index (κ1) is 31.2. The summed E-state index contributed by atoms with van der Waals surface area (Å²) in [5.41, 5.74) is 11.8. The van der Waals surface area contributed by atoms with Gasteiger partial charge in [0.05, 0.1) is 11.2 Å². The molecule has 0 spiro atoms. The molecule has 0 amide bonds. The number of aromatic nitrogens is 3. The molecule has 0 saturated carbocycles. The quantitative estimate of drug-likeness (QED) is 0.167. The number of imidazole rings is 1. The zero-order valence-corrected chi connectivity index (χ0v) is 29.9. The van der Waals surface area contributed by atoms with Crippen LogP contribution in [-0.4, -0.2) is 14.5 Å². The molecule has 9 aromatic carbocycles. The van der Waals surface area contributed by atoms with Gasteiger partial charge < -0.3 is 0 Å². The van der Waals surface area contributed by atoms with E-state index in [1.165, 1.54) is 49.0 Å². The van der Waals surface area contributed by atoms with Crippen molar-refractivity contribution < 1.29 is 0 Å². The molecule has 256 valence electrons. The first-order chi connectivity index (χ1) is 27.3. The number of hydrogen-bond donors (Lipinski definition) is 0. The fourth-order valence-corrected chi connectivity index (χ4v) is 8.29. The van der Waals surface area contributed by atoms with Crippen LogP contribution >= 0.6 is 0 Å². The van der Waals surface area contributed by atoms with Crippen molar-refractivity contribution in [3.05, 3.63) is 200 Å². The highest BCUT2D eigenvalue weighted by Crippen LogP contribution is 2.39. The molecule has 0 aliphatic heterocycles. The largest absolute Gasteiger partial charge is 0.290 e.